The van der Waals surface area contributed by atoms with Crippen molar-refractivity contribution in [1.82, 2.24) is 0 Å². The summed E-state index contributed by atoms with van der Waals surface area (Å²) in [6.45, 7) is 2.78. The number of hydrogen-bond donors (Lipinski definition) is 1. The smallest absolute Gasteiger partial charge is 0.385 e. The number of anilines is 1. The van der Waals surface area contributed by atoms with E-state index in [-0.39, 0.29) is 0 Å². The topological polar surface area (TPSA) is 12.0 Å². The fourth-order valence-corrected chi connectivity index (χ4v) is 1.96. The molecule has 0 unspecified atom stereocenters. The summed E-state index contributed by atoms with van der Waals surface area (Å²) in [5, 5.41) is 3.00. The lowest BCUT2D eigenvalue weighted by molar-refractivity contribution is -0.137. The number of benzene rings is 1. The molecule has 0 saturated carbocycles. The second-order valence-corrected chi connectivity index (χ2v) is 4.78. The minimum absolute atomic E-state index is 0.435. The van der Waals surface area contributed by atoms with E-state index in [9.17, 15) is 13.2 Å². The molecule has 0 radical (unpaired) electrons. The third-order valence-electron chi connectivity index (χ3n) is 2.33. The largest absolute Gasteiger partial charge is 0.416 e. The first-order valence-corrected chi connectivity index (χ1v) is 6.34. The van der Waals surface area contributed by atoms with Gasteiger partial charge < -0.3 is 5.32 Å². The predicted molar refractivity (Wildman–Crippen MR) is 67.2 cm³/mol. The molecule has 1 aromatic rings. The molecule has 0 aliphatic rings. The van der Waals surface area contributed by atoms with E-state index in [1.165, 1.54) is 0 Å². The predicted octanol–water partition coefficient (Wildman–Crippen LogP) is 5.07. The van der Waals surface area contributed by atoms with Gasteiger partial charge in [-0.3, -0.25) is 0 Å². The molecule has 0 aromatic heterocycles. The Kier molecular flexibility index (Phi) is 5.31. The van der Waals surface area contributed by atoms with Crippen LogP contribution in [-0.2, 0) is 6.18 Å². The number of nitrogens with one attached hydrogen (secondary N) is 1. The van der Waals surface area contributed by atoms with Crippen LogP contribution in [0.4, 0.5) is 18.9 Å². The second kappa shape index (κ2) is 6.28. The Morgan fingerprint density at radius 1 is 1.18 bits per heavy atom. The Bertz CT molecular complexity index is 363. The van der Waals surface area contributed by atoms with Crippen LogP contribution < -0.4 is 5.32 Å². The molecule has 0 amide bonds. The van der Waals surface area contributed by atoms with Crippen molar-refractivity contribution in [3.8, 4) is 0 Å². The minimum atomic E-state index is -4.30. The second-order valence-electron chi connectivity index (χ2n) is 3.86. The van der Waals surface area contributed by atoms with Crippen LogP contribution in [0.1, 0.15) is 31.7 Å². The first-order chi connectivity index (χ1) is 7.93. The van der Waals surface area contributed by atoms with E-state index >= 15 is 0 Å². The summed E-state index contributed by atoms with van der Waals surface area (Å²) < 4.78 is 38.1. The Hall–Kier alpha value is -0.710. The summed E-state index contributed by atoms with van der Waals surface area (Å²) >= 11 is 3.09. The highest BCUT2D eigenvalue weighted by molar-refractivity contribution is 9.10. The summed E-state index contributed by atoms with van der Waals surface area (Å²) in [5.74, 6) is 0. The van der Waals surface area contributed by atoms with Crippen LogP contribution in [0.2, 0.25) is 0 Å². The first-order valence-electron chi connectivity index (χ1n) is 5.55. The highest BCUT2D eigenvalue weighted by atomic mass is 79.9. The van der Waals surface area contributed by atoms with Crippen molar-refractivity contribution in [3.05, 3.63) is 28.2 Å². The molecular weight excluding hydrogens is 295 g/mol. The van der Waals surface area contributed by atoms with Crippen molar-refractivity contribution in [3.63, 3.8) is 0 Å². The van der Waals surface area contributed by atoms with Gasteiger partial charge in [-0.15, -0.1) is 0 Å². The number of halogens is 4. The zero-order valence-electron chi connectivity index (χ0n) is 9.57. The number of hydrogen-bond acceptors (Lipinski definition) is 1. The van der Waals surface area contributed by atoms with Crippen LogP contribution in [-0.4, -0.2) is 6.54 Å². The Morgan fingerprint density at radius 2 is 1.88 bits per heavy atom. The van der Waals surface area contributed by atoms with Gasteiger partial charge in [0.15, 0.2) is 0 Å². The molecule has 1 aromatic carbocycles. The van der Waals surface area contributed by atoms with Gasteiger partial charge >= 0.3 is 6.18 Å². The lowest BCUT2D eigenvalue weighted by Gasteiger charge is -2.11. The molecule has 0 aliphatic heterocycles. The van der Waals surface area contributed by atoms with Gasteiger partial charge in [0.2, 0.25) is 0 Å². The molecule has 1 N–H and O–H groups in total. The lowest BCUT2D eigenvalue weighted by atomic mass is 10.2. The molecule has 5 heteroatoms. The summed E-state index contributed by atoms with van der Waals surface area (Å²) in [7, 11) is 0. The van der Waals surface area contributed by atoms with Gasteiger partial charge in [-0.1, -0.05) is 35.7 Å². The molecule has 0 atom stereocenters. The summed E-state index contributed by atoms with van der Waals surface area (Å²) in [6, 6.07) is 3.87. The maximum absolute atomic E-state index is 12.5. The maximum atomic E-state index is 12.5. The molecule has 96 valence electrons. The van der Waals surface area contributed by atoms with E-state index in [4.69, 9.17) is 0 Å². The standard InChI is InChI=1S/C12H15BrF3N/c1-2-3-4-5-17-11-7-9(12(14,15)16)6-10(13)8-11/h6-8,17H,2-5H2,1H3. The van der Waals surface area contributed by atoms with Crippen LogP contribution in [0.25, 0.3) is 0 Å². The zero-order valence-corrected chi connectivity index (χ0v) is 11.2. The summed E-state index contributed by atoms with van der Waals surface area (Å²) in [6.07, 6.45) is -1.17. The monoisotopic (exact) mass is 309 g/mol. The van der Waals surface area contributed by atoms with Crippen molar-refractivity contribution in [1.29, 1.82) is 0 Å². The SMILES string of the molecule is CCCCCNc1cc(Br)cc(C(F)(F)F)c1. The van der Waals surface area contributed by atoms with Crippen LogP contribution in [0.3, 0.4) is 0 Å². The Balaban J connectivity index is 2.69. The van der Waals surface area contributed by atoms with E-state index in [1.54, 1.807) is 6.07 Å². The third kappa shape index (κ3) is 4.98. The van der Waals surface area contributed by atoms with Crippen molar-refractivity contribution >= 4 is 21.6 Å². The lowest BCUT2D eigenvalue weighted by Crippen LogP contribution is -2.07. The molecule has 1 rings (SSSR count). The highest BCUT2D eigenvalue weighted by Gasteiger charge is 2.31. The highest BCUT2D eigenvalue weighted by Crippen LogP contribution is 2.33. The minimum Gasteiger partial charge on any atom is -0.385 e. The van der Waals surface area contributed by atoms with E-state index in [0.29, 0.717) is 16.7 Å². The van der Waals surface area contributed by atoms with Gasteiger partial charge in [-0.05, 0) is 24.6 Å². The van der Waals surface area contributed by atoms with Crippen molar-refractivity contribution in [2.45, 2.75) is 32.4 Å². The van der Waals surface area contributed by atoms with Gasteiger partial charge in [0.1, 0.15) is 0 Å². The van der Waals surface area contributed by atoms with Crippen LogP contribution >= 0.6 is 15.9 Å². The van der Waals surface area contributed by atoms with Crippen LogP contribution in [0.5, 0.6) is 0 Å². The summed E-state index contributed by atoms with van der Waals surface area (Å²) in [4.78, 5) is 0. The maximum Gasteiger partial charge on any atom is 0.416 e. The van der Waals surface area contributed by atoms with Crippen molar-refractivity contribution in [2.24, 2.45) is 0 Å². The van der Waals surface area contributed by atoms with Crippen LogP contribution in [0, 0.1) is 0 Å². The molecular formula is C12H15BrF3N. The molecule has 0 aliphatic carbocycles. The van der Waals surface area contributed by atoms with Crippen molar-refractivity contribution < 1.29 is 13.2 Å². The van der Waals surface area contributed by atoms with Gasteiger partial charge in [0, 0.05) is 16.7 Å². The quantitative estimate of drug-likeness (QED) is 0.749. The zero-order chi connectivity index (χ0) is 12.9. The van der Waals surface area contributed by atoms with E-state index in [1.807, 2.05) is 0 Å². The molecule has 0 heterocycles. The fraction of sp³-hybridized carbons (Fsp3) is 0.500. The molecule has 0 fully saturated rings. The Labute approximate surface area is 108 Å². The number of unbranched alkanes of at least 4 members (excludes halogenated alkanes) is 2. The van der Waals surface area contributed by atoms with Gasteiger partial charge in [0.05, 0.1) is 5.56 Å². The fourth-order valence-electron chi connectivity index (χ4n) is 1.46. The summed E-state index contributed by atoms with van der Waals surface area (Å²) in [5.41, 5.74) is -0.132. The third-order valence-corrected chi connectivity index (χ3v) is 2.79. The first kappa shape index (κ1) is 14.4. The van der Waals surface area contributed by atoms with Gasteiger partial charge in [-0.2, -0.15) is 13.2 Å². The Morgan fingerprint density at radius 3 is 2.47 bits per heavy atom. The van der Waals surface area contributed by atoms with Crippen molar-refractivity contribution in [2.75, 3.05) is 11.9 Å². The molecule has 17 heavy (non-hydrogen) atoms. The molecule has 0 spiro atoms. The average molecular weight is 310 g/mol. The average Bonchev–Trinajstić information content (AvgIpc) is 2.22. The number of rotatable bonds is 5. The van der Waals surface area contributed by atoms with Gasteiger partial charge in [-0.25, -0.2) is 0 Å². The molecule has 0 saturated heterocycles. The van der Waals surface area contributed by atoms with E-state index in [2.05, 4.69) is 28.2 Å². The number of alkyl halides is 3. The molecule has 0 bridgehead atoms. The van der Waals surface area contributed by atoms with E-state index < -0.39 is 11.7 Å². The molecule has 1 nitrogen and oxygen atoms in total. The van der Waals surface area contributed by atoms with E-state index in [0.717, 1.165) is 31.4 Å². The normalized spacial score (nSPS) is 11.6. The van der Waals surface area contributed by atoms with Crippen LogP contribution in [0.15, 0.2) is 22.7 Å². The van der Waals surface area contributed by atoms with Gasteiger partial charge in [0.25, 0.3) is 0 Å².